The average molecular weight is 264 g/mol. The van der Waals surface area contributed by atoms with Crippen molar-refractivity contribution in [1.29, 1.82) is 0 Å². The summed E-state index contributed by atoms with van der Waals surface area (Å²) in [5.41, 5.74) is 8.19. The van der Waals surface area contributed by atoms with Crippen LogP contribution in [-0.2, 0) is 9.53 Å². The quantitative estimate of drug-likeness (QED) is 0.560. The molecule has 0 aromatic heterocycles. The van der Waals surface area contributed by atoms with E-state index in [1.165, 1.54) is 0 Å². The summed E-state index contributed by atoms with van der Waals surface area (Å²) >= 11 is 0. The summed E-state index contributed by atoms with van der Waals surface area (Å²) in [6, 6.07) is 5.53. The number of benzene rings is 1. The van der Waals surface area contributed by atoms with Gasteiger partial charge in [-0.25, -0.2) is 0 Å². The second kappa shape index (κ2) is 8.53. The maximum atomic E-state index is 11.8. The number of nitrogen functional groups attached to an aromatic ring is 1. The first kappa shape index (κ1) is 15.5. The van der Waals surface area contributed by atoms with Gasteiger partial charge in [-0.15, -0.1) is 0 Å². The molecule has 3 N–H and O–H groups in total. The van der Waals surface area contributed by atoms with Crippen LogP contribution >= 0.6 is 0 Å². The Kier molecular flexibility index (Phi) is 6.97. The van der Waals surface area contributed by atoms with Crippen molar-refractivity contribution >= 4 is 17.3 Å². The van der Waals surface area contributed by atoms with Gasteiger partial charge in [-0.2, -0.15) is 0 Å². The van der Waals surface area contributed by atoms with Gasteiger partial charge in [0.05, 0.1) is 0 Å². The highest BCUT2D eigenvalue weighted by Crippen LogP contribution is 2.20. The molecule has 106 valence electrons. The lowest BCUT2D eigenvalue weighted by atomic mass is 10.1. The molecule has 1 rings (SSSR count). The van der Waals surface area contributed by atoms with E-state index in [2.05, 4.69) is 12.2 Å². The topological polar surface area (TPSA) is 64.3 Å². The summed E-state index contributed by atoms with van der Waals surface area (Å²) in [4.78, 5) is 11.8. The van der Waals surface area contributed by atoms with Crippen molar-refractivity contribution in [1.82, 2.24) is 0 Å². The normalized spacial score (nSPS) is 10.4. The Morgan fingerprint density at radius 2 is 2.05 bits per heavy atom. The van der Waals surface area contributed by atoms with Crippen LogP contribution in [0, 0.1) is 6.92 Å². The van der Waals surface area contributed by atoms with Crippen LogP contribution in [0.1, 0.15) is 38.2 Å². The van der Waals surface area contributed by atoms with Crippen LogP contribution in [0.25, 0.3) is 0 Å². The molecule has 0 aliphatic carbocycles. The fourth-order valence-corrected chi connectivity index (χ4v) is 1.68. The number of carbonyl (C=O) groups is 1. The lowest BCUT2D eigenvalue weighted by Crippen LogP contribution is -2.13. The van der Waals surface area contributed by atoms with E-state index in [-0.39, 0.29) is 5.91 Å². The largest absolute Gasteiger partial charge is 0.398 e. The van der Waals surface area contributed by atoms with Crippen molar-refractivity contribution in [2.75, 3.05) is 24.3 Å². The monoisotopic (exact) mass is 264 g/mol. The Labute approximate surface area is 115 Å². The van der Waals surface area contributed by atoms with Gasteiger partial charge < -0.3 is 15.8 Å². The van der Waals surface area contributed by atoms with E-state index in [1.54, 1.807) is 0 Å². The summed E-state index contributed by atoms with van der Waals surface area (Å²) in [5.74, 6) is 0.00721. The minimum atomic E-state index is 0.00721. The number of nitrogens with one attached hydrogen (secondary N) is 1. The highest BCUT2D eigenvalue weighted by Gasteiger charge is 2.05. The molecule has 0 bridgehead atoms. The molecule has 0 aliphatic heterocycles. The summed E-state index contributed by atoms with van der Waals surface area (Å²) in [7, 11) is 0. The number of amides is 1. The van der Waals surface area contributed by atoms with E-state index in [9.17, 15) is 4.79 Å². The lowest BCUT2D eigenvalue weighted by molar-refractivity contribution is -0.116. The van der Waals surface area contributed by atoms with Crippen LogP contribution in [0.5, 0.6) is 0 Å². The molecule has 0 saturated carbocycles. The predicted octanol–water partition coefficient (Wildman–Crippen LogP) is 3.11. The summed E-state index contributed by atoms with van der Waals surface area (Å²) in [5, 5.41) is 2.88. The third kappa shape index (κ3) is 5.75. The van der Waals surface area contributed by atoms with Crippen LogP contribution in [0.2, 0.25) is 0 Å². The first-order chi connectivity index (χ1) is 9.15. The molecule has 1 aromatic carbocycles. The van der Waals surface area contributed by atoms with Gasteiger partial charge in [0.25, 0.3) is 0 Å². The molecule has 19 heavy (non-hydrogen) atoms. The zero-order valence-corrected chi connectivity index (χ0v) is 11.9. The minimum absolute atomic E-state index is 0.00721. The molecule has 0 radical (unpaired) electrons. The van der Waals surface area contributed by atoms with Crippen molar-refractivity contribution < 1.29 is 9.53 Å². The van der Waals surface area contributed by atoms with E-state index in [4.69, 9.17) is 10.5 Å². The van der Waals surface area contributed by atoms with Crippen molar-refractivity contribution in [3.05, 3.63) is 23.8 Å². The van der Waals surface area contributed by atoms with Gasteiger partial charge >= 0.3 is 0 Å². The third-order valence-corrected chi connectivity index (χ3v) is 2.98. The number of hydrogen-bond donors (Lipinski definition) is 2. The van der Waals surface area contributed by atoms with Gasteiger partial charge in [-0.3, -0.25) is 4.79 Å². The number of carbonyl (C=O) groups excluding carboxylic acids is 1. The van der Waals surface area contributed by atoms with Crippen LogP contribution in [0.3, 0.4) is 0 Å². The molecule has 4 heteroatoms. The Bertz CT molecular complexity index is 405. The molecule has 0 unspecified atom stereocenters. The highest BCUT2D eigenvalue weighted by atomic mass is 16.5. The lowest BCUT2D eigenvalue weighted by Gasteiger charge is -2.10. The van der Waals surface area contributed by atoms with E-state index < -0.39 is 0 Å². The zero-order chi connectivity index (χ0) is 14.1. The Hall–Kier alpha value is -1.55. The van der Waals surface area contributed by atoms with Crippen molar-refractivity contribution in [3.8, 4) is 0 Å². The second-order valence-corrected chi connectivity index (χ2v) is 4.64. The molecule has 0 spiro atoms. The van der Waals surface area contributed by atoms with Crippen molar-refractivity contribution in [2.45, 2.75) is 39.5 Å². The third-order valence-electron chi connectivity index (χ3n) is 2.98. The Morgan fingerprint density at radius 3 is 2.79 bits per heavy atom. The van der Waals surface area contributed by atoms with E-state index >= 15 is 0 Å². The van der Waals surface area contributed by atoms with Crippen molar-refractivity contribution in [3.63, 3.8) is 0 Å². The minimum Gasteiger partial charge on any atom is -0.398 e. The van der Waals surface area contributed by atoms with Gasteiger partial charge in [0.2, 0.25) is 5.91 Å². The second-order valence-electron chi connectivity index (χ2n) is 4.64. The molecule has 0 fully saturated rings. The zero-order valence-electron chi connectivity index (χ0n) is 11.9. The summed E-state index contributed by atoms with van der Waals surface area (Å²) in [6.45, 7) is 5.46. The molecule has 0 aliphatic rings. The molecule has 0 atom stereocenters. The highest BCUT2D eigenvalue weighted by molar-refractivity contribution is 5.92. The molecule has 4 nitrogen and oxygen atoms in total. The van der Waals surface area contributed by atoms with Gasteiger partial charge in [0.15, 0.2) is 0 Å². The standard InChI is InChI=1S/C15H24N2O2/c1-3-4-10-19-11-6-9-15(18)17-14-8-5-7-13(16)12(14)2/h5,7-8H,3-4,6,9-11,16H2,1-2H3,(H,17,18). The number of hydrogen-bond acceptors (Lipinski definition) is 3. The number of unbranched alkanes of at least 4 members (excludes halogenated alkanes) is 1. The predicted molar refractivity (Wildman–Crippen MR) is 79.2 cm³/mol. The first-order valence-electron chi connectivity index (χ1n) is 6.87. The molecular weight excluding hydrogens is 240 g/mol. The van der Waals surface area contributed by atoms with Crippen LogP contribution in [0.4, 0.5) is 11.4 Å². The Morgan fingerprint density at radius 1 is 1.32 bits per heavy atom. The molecular formula is C15H24N2O2. The number of rotatable bonds is 8. The Balaban J connectivity index is 2.26. The number of anilines is 2. The molecule has 0 saturated heterocycles. The van der Waals surface area contributed by atoms with Gasteiger partial charge in [0, 0.05) is 31.0 Å². The molecule has 0 heterocycles. The number of ether oxygens (including phenoxy) is 1. The molecule has 1 amide bonds. The maximum absolute atomic E-state index is 11.8. The van der Waals surface area contributed by atoms with E-state index in [0.29, 0.717) is 18.7 Å². The van der Waals surface area contributed by atoms with Crippen molar-refractivity contribution in [2.24, 2.45) is 0 Å². The summed E-state index contributed by atoms with van der Waals surface area (Å²) < 4.78 is 5.42. The van der Waals surface area contributed by atoms with Crippen LogP contribution in [-0.4, -0.2) is 19.1 Å². The first-order valence-corrected chi connectivity index (χ1v) is 6.87. The average Bonchev–Trinajstić information content (AvgIpc) is 2.39. The van der Waals surface area contributed by atoms with Gasteiger partial charge in [-0.1, -0.05) is 19.4 Å². The smallest absolute Gasteiger partial charge is 0.224 e. The molecule has 1 aromatic rings. The fourth-order valence-electron chi connectivity index (χ4n) is 1.68. The fraction of sp³-hybridized carbons (Fsp3) is 0.533. The SMILES string of the molecule is CCCCOCCCC(=O)Nc1cccc(N)c1C. The van der Waals surface area contributed by atoms with Gasteiger partial charge in [-0.05, 0) is 37.5 Å². The summed E-state index contributed by atoms with van der Waals surface area (Å²) in [6.07, 6.45) is 3.43. The van der Waals surface area contributed by atoms with E-state index in [1.807, 2.05) is 25.1 Å². The van der Waals surface area contributed by atoms with Crippen LogP contribution in [0.15, 0.2) is 18.2 Å². The maximum Gasteiger partial charge on any atom is 0.224 e. The number of nitrogens with two attached hydrogens (primary N) is 1. The van der Waals surface area contributed by atoms with Gasteiger partial charge in [0.1, 0.15) is 0 Å². The van der Waals surface area contributed by atoms with Crippen LogP contribution < -0.4 is 11.1 Å². The van der Waals surface area contributed by atoms with E-state index in [0.717, 1.165) is 37.1 Å².